The van der Waals surface area contributed by atoms with Gasteiger partial charge in [0.1, 0.15) is 29.6 Å². The number of fused-ring (bicyclic) bond motifs is 1. The summed E-state index contributed by atoms with van der Waals surface area (Å²) in [5.41, 5.74) is 8.84. The second kappa shape index (κ2) is 14.8. The highest BCUT2D eigenvalue weighted by Gasteiger charge is 2.29. The van der Waals surface area contributed by atoms with E-state index < -0.39 is 29.0 Å². The largest absolute Gasteiger partial charge is 0.460 e. The third-order valence-corrected chi connectivity index (χ3v) is 9.40. The molecule has 0 radical (unpaired) electrons. The van der Waals surface area contributed by atoms with Crippen LogP contribution in [0.2, 0.25) is 5.02 Å². The molecule has 4 aromatic carbocycles. The summed E-state index contributed by atoms with van der Waals surface area (Å²) in [6.07, 6.45) is 0.166. The highest BCUT2D eigenvalue weighted by Crippen LogP contribution is 2.33. The Bertz CT molecular complexity index is 2300. The van der Waals surface area contributed by atoms with Gasteiger partial charge in [0.15, 0.2) is 5.82 Å². The molecule has 0 aliphatic rings. The number of hydrogen-bond acceptors (Lipinski definition) is 8. The number of amides is 1. The van der Waals surface area contributed by atoms with Crippen LogP contribution in [0.15, 0.2) is 95.5 Å². The molecule has 272 valence electrons. The Kier molecular flexibility index (Phi) is 10.4. The number of benzene rings is 4. The van der Waals surface area contributed by atoms with Gasteiger partial charge in [0.05, 0.1) is 16.6 Å². The minimum Gasteiger partial charge on any atom is -0.460 e. The number of carbonyl (C=O) groups excluding carboxylic acids is 2. The van der Waals surface area contributed by atoms with Gasteiger partial charge in [-0.15, -0.1) is 0 Å². The molecule has 6 aromatic rings. The third kappa shape index (κ3) is 8.55. The molecule has 2 heterocycles. The number of ether oxygens (including phenoxy) is 2. The van der Waals surface area contributed by atoms with Crippen LogP contribution in [0, 0.1) is 18.2 Å². The van der Waals surface area contributed by atoms with Crippen molar-refractivity contribution < 1.29 is 28.0 Å². The first-order valence-corrected chi connectivity index (χ1v) is 17.5. The van der Waals surface area contributed by atoms with Gasteiger partial charge in [0, 0.05) is 17.2 Å². The predicted molar refractivity (Wildman–Crippen MR) is 202 cm³/mol. The lowest BCUT2D eigenvalue weighted by molar-refractivity contribution is -0.125. The fourth-order valence-corrected chi connectivity index (χ4v) is 6.03. The van der Waals surface area contributed by atoms with E-state index >= 15 is 0 Å². The van der Waals surface area contributed by atoms with Gasteiger partial charge in [-0.1, -0.05) is 99.9 Å². The summed E-state index contributed by atoms with van der Waals surface area (Å²) in [5.74, 6) is -0.340. The number of primary amides is 1. The van der Waals surface area contributed by atoms with Gasteiger partial charge in [0.2, 0.25) is 11.8 Å². The van der Waals surface area contributed by atoms with Crippen LogP contribution in [0.4, 0.5) is 4.39 Å². The maximum Gasteiger partial charge on any atom is 0.356 e. The fraction of sp³-hybridized carbons (Fsp3) is 0.262. The molecule has 9 nitrogen and oxygen atoms in total. The third-order valence-electron chi connectivity index (χ3n) is 9.11. The Hall–Kier alpha value is -5.61. The average Bonchev–Trinajstić information content (AvgIpc) is 3.55. The number of pyridine rings is 1. The van der Waals surface area contributed by atoms with Gasteiger partial charge in [-0.25, -0.2) is 14.2 Å². The first-order valence-electron chi connectivity index (χ1n) is 17.1. The summed E-state index contributed by atoms with van der Waals surface area (Å²) in [6, 6.07) is 27.0. The average molecular weight is 735 g/mol. The van der Waals surface area contributed by atoms with Crippen LogP contribution in [0.25, 0.3) is 21.9 Å². The predicted octanol–water partition coefficient (Wildman–Crippen LogP) is 9.52. The van der Waals surface area contributed by atoms with E-state index in [9.17, 15) is 14.0 Å². The molecule has 1 amide bonds. The van der Waals surface area contributed by atoms with Crippen molar-refractivity contribution in [3.8, 4) is 22.6 Å². The first-order chi connectivity index (χ1) is 25.1. The van der Waals surface area contributed by atoms with Crippen molar-refractivity contribution >= 4 is 34.2 Å². The highest BCUT2D eigenvalue weighted by atomic mass is 35.5. The summed E-state index contributed by atoms with van der Waals surface area (Å²) in [6.45, 7) is 11.5. The van der Waals surface area contributed by atoms with Crippen LogP contribution in [-0.2, 0) is 21.4 Å². The monoisotopic (exact) mass is 734 g/mol. The number of nitrogens with two attached hydrogens (primary N) is 1. The summed E-state index contributed by atoms with van der Waals surface area (Å²) < 4.78 is 31.3. The Balaban J connectivity index is 1.28. The highest BCUT2D eigenvalue weighted by molar-refractivity contribution is 6.31. The van der Waals surface area contributed by atoms with Gasteiger partial charge in [-0.2, -0.15) is 4.98 Å². The molecule has 0 bridgehead atoms. The molecule has 11 heteroatoms. The minimum atomic E-state index is -0.964. The van der Waals surface area contributed by atoms with Crippen molar-refractivity contribution in [3.63, 3.8) is 0 Å². The molecular weight excluding hydrogens is 695 g/mol. The van der Waals surface area contributed by atoms with E-state index in [-0.39, 0.29) is 35.0 Å². The molecule has 2 N–H and O–H groups in total. The van der Waals surface area contributed by atoms with Crippen molar-refractivity contribution in [3.05, 3.63) is 136 Å². The molecule has 2 aromatic heterocycles. The molecule has 0 aliphatic heterocycles. The number of halogens is 2. The number of nitrogens with zero attached hydrogens (tertiary/aromatic N) is 3. The van der Waals surface area contributed by atoms with Crippen molar-refractivity contribution in [2.24, 2.45) is 11.1 Å². The van der Waals surface area contributed by atoms with Crippen molar-refractivity contribution in [2.75, 3.05) is 6.61 Å². The molecule has 1 unspecified atom stereocenters. The molecule has 6 rings (SSSR count). The van der Waals surface area contributed by atoms with Gasteiger partial charge in [0.25, 0.3) is 0 Å². The zero-order valence-corrected chi connectivity index (χ0v) is 31.1. The number of hydrogen-bond donors (Lipinski definition) is 1. The molecule has 0 spiro atoms. The van der Waals surface area contributed by atoms with E-state index in [0.717, 1.165) is 16.7 Å². The molecule has 0 aliphatic carbocycles. The zero-order chi connectivity index (χ0) is 38.1. The van der Waals surface area contributed by atoms with E-state index in [1.54, 1.807) is 39.0 Å². The lowest BCUT2D eigenvalue weighted by Crippen LogP contribution is -2.33. The molecule has 1 atom stereocenters. The van der Waals surface area contributed by atoms with E-state index in [0.29, 0.717) is 33.8 Å². The maximum atomic E-state index is 13.8. The maximum absolute atomic E-state index is 13.8. The minimum absolute atomic E-state index is 0.00835. The summed E-state index contributed by atoms with van der Waals surface area (Å²) in [4.78, 5) is 35.2. The lowest BCUT2D eigenvalue weighted by atomic mass is 9.85. The van der Waals surface area contributed by atoms with E-state index in [1.807, 2.05) is 66.7 Å². The normalized spacial score (nSPS) is 12.5. The smallest absolute Gasteiger partial charge is 0.356 e. The Morgan fingerprint density at radius 2 is 1.55 bits per heavy atom. The standard InChI is InChI=1S/C42H40ClFN4O5/c1-24-46-38(53-48-24)33(26-9-7-25(8-10-26)27-12-18-35(44)34(43)19-27)23-51-39(49)36-20-28-11-15-31(52-30-16-13-29(14-17-30)41(2,3)4)21-32(28)37(47-36)22-42(5,6)40(45)50/h7-21,33H,22-23H2,1-6H3,(H2,45,50). The van der Waals surface area contributed by atoms with Gasteiger partial charge < -0.3 is 19.7 Å². The quantitative estimate of drug-likeness (QED) is 0.130. The second-order valence-corrected chi connectivity index (χ2v) is 15.1. The van der Waals surface area contributed by atoms with Gasteiger partial charge in [-0.3, -0.25) is 4.79 Å². The van der Waals surface area contributed by atoms with Crippen LogP contribution in [-0.4, -0.2) is 33.6 Å². The van der Waals surface area contributed by atoms with E-state index in [4.69, 9.17) is 36.3 Å². The van der Waals surface area contributed by atoms with Crippen molar-refractivity contribution in [1.29, 1.82) is 0 Å². The lowest BCUT2D eigenvalue weighted by Gasteiger charge is -2.21. The number of carbonyl (C=O) groups is 2. The van der Waals surface area contributed by atoms with Crippen molar-refractivity contribution in [1.82, 2.24) is 15.1 Å². The number of aromatic nitrogens is 3. The van der Waals surface area contributed by atoms with E-state index in [1.165, 1.54) is 11.6 Å². The molecule has 53 heavy (non-hydrogen) atoms. The first kappa shape index (κ1) is 37.2. The summed E-state index contributed by atoms with van der Waals surface area (Å²) in [7, 11) is 0. The SMILES string of the molecule is Cc1noc(C(COC(=O)c2cc3ccc(Oc4ccc(C(C)(C)C)cc4)cc3c(CC(C)(C)C(N)=O)n2)c2ccc(-c3ccc(F)c(Cl)c3)cc2)n1. The van der Waals surface area contributed by atoms with Gasteiger partial charge in [-0.05, 0) is 82.4 Å². The summed E-state index contributed by atoms with van der Waals surface area (Å²) in [5, 5.41) is 5.38. The van der Waals surface area contributed by atoms with Gasteiger partial charge >= 0.3 is 5.97 Å². The van der Waals surface area contributed by atoms with Crippen LogP contribution in [0.1, 0.15) is 79.6 Å². The fourth-order valence-electron chi connectivity index (χ4n) is 5.85. The Labute approximate surface area is 312 Å². The number of rotatable bonds is 11. The zero-order valence-electron chi connectivity index (χ0n) is 30.4. The molecule has 0 saturated carbocycles. The molecule has 0 fully saturated rings. The second-order valence-electron chi connectivity index (χ2n) is 14.7. The Morgan fingerprint density at radius 3 is 2.17 bits per heavy atom. The number of aryl methyl sites for hydroxylation is 1. The number of esters is 1. The van der Waals surface area contributed by atoms with Crippen molar-refractivity contribution in [2.45, 2.75) is 59.3 Å². The van der Waals surface area contributed by atoms with Crippen LogP contribution in [0.3, 0.4) is 0 Å². The van der Waals surface area contributed by atoms with Crippen LogP contribution >= 0.6 is 11.6 Å². The summed E-state index contributed by atoms with van der Waals surface area (Å²) >= 11 is 6.01. The molecule has 0 saturated heterocycles. The van der Waals surface area contributed by atoms with Crippen LogP contribution in [0.5, 0.6) is 11.5 Å². The Morgan fingerprint density at radius 1 is 0.868 bits per heavy atom. The molecular formula is C42H40ClFN4O5. The van der Waals surface area contributed by atoms with E-state index in [2.05, 4.69) is 30.9 Å². The topological polar surface area (TPSA) is 130 Å². The van der Waals surface area contributed by atoms with Crippen LogP contribution < -0.4 is 10.5 Å².